The molecule has 1 atom stereocenters. The van der Waals surface area contributed by atoms with Gasteiger partial charge < -0.3 is 15.2 Å². The highest BCUT2D eigenvalue weighted by atomic mass is 16.5. The van der Waals surface area contributed by atoms with E-state index in [0.717, 1.165) is 32.5 Å². The molecule has 0 bridgehead atoms. The second-order valence-corrected chi connectivity index (χ2v) is 3.97. The zero-order valence-electron chi connectivity index (χ0n) is 10.1. The maximum Gasteiger partial charge on any atom is 0.324 e. The molecule has 0 radical (unpaired) electrons. The first-order valence-electron chi connectivity index (χ1n) is 5.86. The summed E-state index contributed by atoms with van der Waals surface area (Å²) in [6, 6.07) is -0.299. The van der Waals surface area contributed by atoms with Gasteiger partial charge in [-0.2, -0.15) is 0 Å². The number of carbonyl (C=O) groups is 1. The van der Waals surface area contributed by atoms with Gasteiger partial charge in [0.05, 0.1) is 13.2 Å². The van der Waals surface area contributed by atoms with Crippen molar-refractivity contribution in [2.24, 2.45) is 5.73 Å². The molecule has 1 aliphatic rings. The Labute approximate surface area is 96.9 Å². The van der Waals surface area contributed by atoms with Gasteiger partial charge in [-0.3, -0.25) is 9.69 Å². The Morgan fingerprint density at radius 2 is 2.12 bits per heavy atom. The lowest BCUT2D eigenvalue weighted by atomic mass is 10.1. The Morgan fingerprint density at radius 3 is 2.56 bits per heavy atom. The third-order valence-electron chi connectivity index (χ3n) is 3.02. The lowest BCUT2D eigenvalue weighted by Gasteiger charge is -2.35. The van der Waals surface area contributed by atoms with Crippen LogP contribution in [0.4, 0.5) is 0 Å². The number of ether oxygens (including phenoxy) is 2. The van der Waals surface area contributed by atoms with Crippen LogP contribution in [0.2, 0.25) is 0 Å². The van der Waals surface area contributed by atoms with E-state index in [1.54, 1.807) is 0 Å². The van der Waals surface area contributed by atoms with Crippen molar-refractivity contribution >= 4 is 5.97 Å². The Kier molecular flexibility index (Phi) is 5.73. The van der Waals surface area contributed by atoms with Crippen LogP contribution >= 0.6 is 0 Å². The van der Waals surface area contributed by atoms with E-state index in [9.17, 15) is 4.79 Å². The largest absolute Gasteiger partial charge is 0.468 e. The molecule has 5 heteroatoms. The van der Waals surface area contributed by atoms with E-state index in [2.05, 4.69) is 4.90 Å². The fraction of sp³-hybridized carbons (Fsp3) is 0.909. The molecule has 1 heterocycles. The van der Waals surface area contributed by atoms with E-state index in [1.807, 2.05) is 6.92 Å². The van der Waals surface area contributed by atoms with E-state index in [-0.39, 0.29) is 12.0 Å². The second kappa shape index (κ2) is 6.83. The van der Waals surface area contributed by atoms with Crippen LogP contribution < -0.4 is 5.73 Å². The number of hydrogen-bond donors (Lipinski definition) is 1. The fourth-order valence-corrected chi connectivity index (χ4v) is 2.12. The smallest absolute Gasteiger partial charge is 0.324 e. The molecule has 1 saturated heterocycles. The van der Waals surface area contributed by atoms with E-state index in [4.69, 9.17) is 15.2 Å². The number of esters is 1. The zero-order chi connectivity index (χ0) is 12.0. The first-order chi connectivity index (χ1) is 7.72. The molecule has 0 aromatic carbocycles. The number of rotatable bonds is 5. The average molecular weight is 230 g/mol. The van der Waals surface area contributed by atoms with Gasteiger partial charge in [-0.15, -0.1) is 0 Å². The number of nitrogens with zero attached hydrogens (tertiary/aromatic N) is 1. The van der Waals surface area contributed by atoms with Crippen molar-refractivity contribution < 1.29 is 14.3 Å². The number of likely N-dealkylation sites (tertiary alicyclic amines) is 1. The van der Waals surface area contributed by atoms with Gasteiger partial charge in [-0.25, -0.2) is 0 Å². The number of carbonyl (C=O) groups excluding carboxylic acids is 1. The molecule has 2 N–H and O–H groups in total. The van der Waals surface area contributed by atoms with Crippen molar-refractivity contribution in [2.45, 2.75) is 31.9 Å². The van der Waals surface area contributed by atoms with Gasteiger partial charge in [0.2, 0.25) is 0 Å². The SMILES string of the molecule is CCOC1CCN(C(CN)C(=O)OC)CC1. The zero-order valence-corrected chi connectivity index (χ0v) is 10.1. The van der Waals surface area contributed by atoms with Crippen molar-refractivity contribution in [1.29, 1.82) is 0 Å². The standard InChI is InChI=1S/C11H22N2O3/c1-3-16-9-4-6-13(7-5-9)10(8-12)11(14)15-2/h9-10H,3-8,12H2,1-2H3. The van der Waals surface area contributed by atoms with Crippen LogP contribution in [0, 0.1) is 0 Å². The molecule has 94 valence electrons. The lowest BCUT2D eigenvalue weighted by molar-refractivity contribution is -0.147. The topological polar surface area (TPSA) is 64.8 Å². The number of methoxy groups -OCH3 is 1. The summed E-state index contributed by atoms with van der Waals surface area (Å²) in [5.74, 6) is -0.239. The third-order valence-corrected chi connectivity index (χ3v) is 3.02. The minimum atomic E-state index is -0.299. The van der Waals surface area contributed by atoms with Crippen molar-refractivity contribution in [3.05, 3.63) is 0 Å². The van der Waals surface area contributed by atoms with Gasteiger partial charge in [0.15, 0.2) is 0 Å². The van der Waals surface area contributed by atoms with E-state index in [1.165, 1.54) is 7.11 Å². The van der Waals surface area contributed by atoms with Gasteiger partial charge in [0, 0.05) is 26.2 Å². The molecule has 5 nitrogen and oxygen atoms in total. The first-order valence-corrected chi connectivity index (χ1v) is 5.86. The predicted molar refractivity (Wildman–Crippen MR) is 61.1 cm³/mol. The van der Waals surface area contributed by atoms with E-state index >= 15 is 0 Å². The quantitative estimate of drug-likeness (QED) is 0.673. The summed E-state index contributed by atoms with van der Waals surface area (Å²) in [6.07, 6.45) is 2.25. The molecule has 0 aliphatic carbocycles. The molecule has 0 spiro atoms. The molecule has 0 amide bonds. The molecule has 1 rings (SSSR count). The van der Waals surface area contributed by atoms with Crippen molar-refractivity contribution in [2.75, 3.05) is 33.4 Å². The summed E-state index contributed by atoms with van der Waals surface area (Å²) in [4.78, 5) is 13.6. The van der Waals surface area contributed by atoms with Gasteiger partial charge in [-0.1, -0.05) is 0 Å². The highest BCUT2D eigenvalue weighted by Crippen LogP contribution is 2.16. The van der Waals surface area contributed by atoms with Crippen LogP contribution in [0.3, 0.4) is 0 Å². The molecule has 0 aromatic rings. The van der Waals surface area contributed by atoms with Gasteiger partial charge in [0.1, 0.15) is 6.04 Å². The number of piperidine rings is 1. The summed E-state index contributed by atoms with van der Waals surface area (Å²) >= 11 is 0. The van der Waals surface area contributed by atoms with Gasteiger partial charge in [0.25, 0.3) is 0 Å². The van der Waals surface area contributed by atoms with Crippen LogP contribution in [0.25, 0.3) is 0 Å². The van der Waals surface area contributed by atoms with Crippen LogP contribution in [0.1, 0.15) is 19.8 Å². The average Bonchev–Trinajstić information content (AvgIpc) is 2.32. The van der Waals surface area contributed by atoms with Crippen molar-refractivity contribution in [3.8, 4) is 0 Å². The lowest BCUT2D eigenvalue weighted by Crippen LogP contribution is -2.50. The molecule has 0 aromatic heterocycles. The normalized spacial score (nSPS) is 20.7. The summed E-state index contributed by atoms with van der Waals surface area (Å²) in [7, 11) is 1.40. The highest BCUT2D eigenvalue weighted by molar-refractivity contribution is 5.75. The Morgan fingerprint density at radius 1 is 1.50 bits per heavy atom. The molecule has 16 heavy (non-hydrogen) atoms. The molecule has 1 aliphatic heterocycles. The third kappa shape index (κ3) is 3.43. The van der Waals surface area contributed by atoms with Crippen LogP contribution in [0.5, 0.6) is 0 Å². The second-order valence-electron chi connectivity index (χ2n) is 3.97. The number of hydrogen-bond acceptors (Lipinski definition) is 5. The molecule has 1 unspecified atom stereocenters. The minimum Gasteiger partial charge on any atom is -0.468 e. The van der Waals surface area contributed by atoms with Gasteiger partial charge >= 0.3 is 5.97 Å². The Bertz CT molecular complexity index is 215. The van der Waals surface area contributed by atoms with Crippen molar-refractivity contribution in [3.63, 3.8) is 0 Å². The molecule has 0 saturated carbocycles. The van der Waals surface area contributed by atoms with Gasteiger partial charge in [-0.05, 0) is 19.8 Å². The van der Waals surface area contributed by atoms with E-state index < -0.39 is 0 Å². The number of nitrogens with two attached hydrogens (primary N) is 1. The van der Waals surface area contributed by atoms with Crippen molar-refractivity contribution in [1.82, 2.24) is 4.90 Å². The summed E-state index contributed by atoms with van der Waals surface area (Å²) < 4.78 is 10.3. The molecular weight excluding hydrogens is 208 g/mol. The summed E-state index contributed by atoms with van der Waals surface area (Å²) in [5.41, 5.74) is 5.60. The maximum atomic E-state index is 11.5. The van der Waals surface area contributed by atoms with E-state index in [0.29, 0.717) is 12.6 Å². The minimum absolute atomic E-state index is 0.239. The fourth-order valence-electron chi connectivity index (χ4n) is 2.12. The highest BCUT2D eigenvalue weighted by Gasteiger charge is 2.29. The molecule has 1 fully saturated rings. The maximum absolute atomic E-state index is 11.5. The predicted octanol–water partition coefficient (Wildman–Crippen LogP) is -0.0124. The summed E-state index contributed by atoms with van der Waals surface area (Å²) in [5, 5.41) is 0. The van der Waals surface area contributed by atoms with Crippen LogP contribution in [0.15, 0.2) is 0 Å². The Hall–Kier alpha value is -0.650. The first kappa shape index (κ1) is 13.4. The molecular formula is C11H22N2O3. The summed E-state index contributed by atoms with van der Waals surface area (Å²) in [6.45, 7) is 4.76. The van der Waals surface area contributed by atoms with Crippen LogP contribution in [-0.2, 0) is 14.3 Å². The monoisotopic (exact) mass is 230 g/mol. The Balaban J connectivity index is 2.41. The van der Waals surface area contributed by atoms with Crippen LogP contribution in [-0.4, -0.2) is 56.4 Å².